The Bertz CT molecular complexity index is 708. The van der Waals surface area contributed by atoms with Crippen molar-refractivity contribution in [1.82, 2.24) is 15.0 Å². The van der Waals surface area contributed by atoms with Gasteiger partial charge in [-0.1, -0.05) is 29.8 Å². The summed E-state index contributed by atoms with van der Waals surface area (Å²) in [5.74, 6) is 0.723. The molecule has 7 nitrogen and oxygen atoms in total. The Balaban J connectivity index is 2.00. The maximum absolute atomic E-state index is 11.7. The van der Waals surface area contributed by atoms with Crippen LogP contribution in [0.3, 0.4) is 0 Å². The molecule has 1 heterocycles. The smallest absolute Gasteiger partial charge is 0.220 e. The quantitative estimate of drug-likeness (QED) is 0.855. The highest BCUT2D eigenvalue weighted by Gasteiger charge is 2.21. The minimum absolute atomic E-state index is 0.0457. The van der Waals surface area contributed by atoms with Gasteiger partial charge in [-0.3, -0.25) is 0 Å². The predicted molar refractivity (Wildman–Crippen MR) is 78.8 cm³/mol. The van der Waals surface area contributed by atoms with Crippen LogP contribution in [0.4, 0.5) is 5.82 Å². The van der Waals surface area contributed by atoms with Gasteiger partial charge < -0.3 is 10.5 Å². The Labute approximate surface area is 123 Å². The third-order valence-electron chi connectivity index (χ3n) is 3.01. The number of ether oxygens (including phenoxy) is 1. The van der Waals surface area contributed by atoms with Crippen LogP contribution in [-0.4, -0.2) is 35.8 Å². The van der Waals surface area contributed by atoms with E-state index in [1.807, 2.05) is 31.2 Å². The van der Waals surface area contributed by atoms with Gasteiger partial charge in [0, 0.05) is 0 Å². The summed E-state index contributed by atoms with van der Waals surface area (Å²) in [5, 5.41) is 7.23. The van der Waals surface area contributed by atoms with Gasteiger partial charge in [-0.15, -0.1) is 5.10 Å². The second kappa shape index (κ2) is 6.13. The van der Waals surface area contributed by atoms with Crippen molar-refractivity contribution in [3.05, 3.63) is 29.8 Å². The number of nitrogen functional groups attached to an aromatic ring is 1. The summed E-state index contributed by atoms with van der Waals surface area (Å²) in [6, 6.07) is 7.64. The molecule has 1 aromatic heterocycles. The van der Waals surface area contributed by atoms with Gasteiger partial charge in [0.2, 0.25) is 14.9 Å². The van der Waals surface area contributed by atoms with Gasteiger partial charge in [0.25, 0.3) is 0 Å². The maximum Gasteiger partial charge on any atom is 0.220 e. The molecule has 0 radical (unpaired) electrons. The fourth-order valence-corrected chi connectivity index (χ4v) is 2.57. The first-order chi connectivity index (χ1) is 9.94. The highest BCUT2D eigenvalue weighted by atomic mass is 32.2. The third-order valence-corrected chi connectivity index (χ3v) is 4.65. The van der Waals surface area contributed by atoms with Gasteiger partial charge in [0.1, 0.15) is 12.4 Å². The van der Waals surface area contributed by atoms with E-state index in [4.69, 9.17) is 10.5 Å². The fraction of sp³-hybridized carbons (Fsp3) is 0.385. The van der Waals surface area contributed by atoms with E-state index in [-0.39, 0.29) is 16.6 Å². The number of hydrogen-bond acceptors (Lipinski definition) is 6. The highest BCUT2D eigenvalue weighted by Crippen LogP contribution is 2.16. The van der Waals surface area contributed by atoms with Crippen molar-refractivity contribution in [3.63, 3.8) is 0 Å². The molecule has 8 heteroatoms. The summed E-state index contributed by atoms with van der Waals surface area (Å²) in [6.07, 6.45) is 0. The van der Waals surface area contributed by atoms with E-state index >= 15 is 0 Å². The molecule has 0 bridgehead atoms. The fourth-order valence-electron chi connectivity index (χ4n) is 1.71. The van der Waals surface area contributed by atoms with Crippen molar-refractivity contribution >= 4 is 15.7 Å². The van der Waals surface area contributed by atoms with Gasteiger partial charge in [-0.05, 0) is 19.1 Å². The number of aryl methyl sites for hydroxylation is 1. The largest absolute Gasteiger partial charge is 0.492 e. The number of sulfone groups is 1. The van der Waals surface area contributed by atoms with Crippen LogP contribution in [-0.2, 0) is 16.4 Å². The summed E-state index contributed by atoms with van der Waals surface area (Å²) in [4.78, 5) is 0. The topological polar surface area (TPSA) is 100 Å². The SMILES string of the molecule is CCS(=O)(=O)c1nnn(CCOc2ccc(C)cc2)c1N. The number of nitrogens with two attached hydrogens (primary N) is 1. The lowest BCUT2D eigenvalue weighted by Crippen LogP contribution is -2.13. The summed E-state index contributed by atoms with van der Waals surface area (Å²) in [6.45, 7) is 4.18. The van der Waals surface area contributed by atoms with Crippen LogP contribution in [0.2, 0.25) is 0 Å². The normalized spacial score (nSPS) is 11.5. The van der Waals surface area contributed by atoms with Crippen LogP contribution in [0.5, 0.6) is 5.75 Å². The number of anilines is 1. The predicted octanol–water partition coefficient (Wildman–Crippen LogP) is 1.04. The summed E-state index contributed by atoms with van der Waals surface area (Å²) >= 11 is 0. The first-order valence-corrected chi connectivity index (χ1v) is 8.20. The molecule has 0 spiro atoms. The average Bonchev–Trinajstić information content (AvgIpc) is 2.83. The molecule has 0 aliphatic carbocycles. The third kappa shape index (κ3) is 3.52. The lowest BCUT2D eigenvalue weighted by molar-refractivity contribution is 0.291. The molecule has 0 atom stereocenters. The Kier molecular flexibility index (Phi) is 4.46. The molecule has 2 aromatic rings. The number of hydrogen-bond donors (Lipinski definition) is 1. The van der Waals surface area contributed by atoms with Crippen LogP contribution in [0.15, 0.2) is 29.3 Å². The van der Waals surface area contributed by atoms with Gasteiger partial charge in [0.15, 0.2) is 5.82 Å². The first kappa shape index (κ1) is 15.3. The van der Waals surface area contributed by atoms with Crippen LogP contribution >= 0.6 is 0 Å². The zero-order chi connectivity index (χ0) is 15.5. The number of benzene rings is 1. The summed E-state index contributed by atoms with van der Waals surface area (Å²) < 4.78 is 30.3. The van der Waals surface area contributed by atoms with Gasteiger partial charge in [-0.25, -0.2) is 13.1 Å². The van der Waals surface area contributed by atoms with Crippen LogP contribution < -0.4 is 10.5 Å². The molecule has 0 saturated heterocycles. The molecule has 21 heavy (non-hydrogen) atoms. The van der Waals surface area contributed by atoms with Crippen molar-refractivity contribution in [2.75, 3.05) is 18.1 Å². The minimum Gasteiger partial charge on any atom is -0.492 e. The zero-order valence-corrected chi connectivity index (χ0v) is 12.8. The summed E-state index contributed by atoms with van der Waals surface area (Å²) in [5.41, 5.74) is 6.92. The first-order valence-electron chi connectivity index (χ1n) is 6.55. The van der Waals surface area contributed by atoms with Crippen LogP contribution in [0.1, 0.15) is 12.5 Å². The van der Waals surface area contributed by atoms with Crippen LogP contribution in [0, 0.1) is 6.92 Å². The van der Waals surface area contributed by atoms with Gasteiger partial charge in [-0.2, -0.15) is 0 Å². The molecule has 1 aromatic carbocycles. The average molecular weight is 310 g/mol. The molecule has 2 N–H and O–H groups in total. The van der Waals surface area contributed by atoms with Crippen molar-refractivity contribution in [2.45, 2.75) is 25.4 Å². The highest BCUT2D eigenvalue weighted by molar-refractivity contribution is 7.91. The molecule has 114 valence electrons. The van der Waals surface area contributed by atoms with Gasteiger partial charge in [0.05, 0.1) is 12.3 Å². The lowest BCUT2D eigenvalue weighted by Gasteiger charge is -2.07. The van der Waals surface area contributed by atoms with Crippen molar-refractivity contribution in [2.24, 2.45) is 0 Å². The van der Waals surface area contributed by atoms with E-state index < -0.39 is 9.84 Å². The van der Waals surface area contributed by atoms with E-state index in [0.29, 0.717) is 13.2 Å². The molecule has 0 aliphatic rings. The van der Waals surface area contributed by atoms with Gasteiger partial charge >= 0.3 is 0 Å². The zero-order valence-electron chi connectivity index (χ0n) is 12.0. The molecule has 0 amide bonds. The standard InChI is InChI=1S/C13H18N4O3S/c1-3-21(18,19)13-12(14)17(16-15-13)8-9-20-11-6-4-10(2)5-7-11/h4-7H,3,8-9,14H2,1-2H3. The van der Waals surface area contributed by atoms with E-state index in [0.717, 1.165) is 11.3 Å². The molecule has 0 aliphatic heterocycles. The number of rotatable bonds is 6. The van der Waals surface area contributed by atoms with E-state index in [2.05, 4.69) is 10.3 Å². The Morgan fingerprint density at radius 2 is 1.95 bits per heavy atom. The Morgan fingerprint density at radius 1 is 1.29 bits per heavy atom. The maximum atomic E-state index is 11.7. The molecular formula is C13H18N4O3S. The van der Waals surface area contributed by atoms with E-state index in [1.54, 1.807) is 0 Å². The van der Waals surface area contributed by atoms with Crippen LogP contribution in [0.25, 0.3) is 0 Å². The van der Waals surface area contributed by atoms with E-state index in [1.165, 1.54) is 11.6 Å². The second-order valence-corrected chi connectivity index (χ2v) is 6.76. The number of aromatic nitrogens is 3. The van der Waals surface area contributed by atoms with Crippen molar-refractivity contribution in [1.29, 1.82) is 0 Å². The molecule has 0 unspecified atom stereocenters. The van der Waals surface area contributed by atoms with Crippen molar-refractivity contribution < 1.29 is 13.2 Å². The van der Waals surface area contributed by atoms with Crippen molar-refractivity contribution in [3.8, 4) is 5.75 Å². The monoisotopic (exact) mass is 310 g/mol. The molecular weight excluding hydrogens is 292 g/mol. The molecule has 0 saturated carbocycles. The minimum atomic E-state index is -3.45. The lowest BCUT2D eigenvalue weighted by atomic mass is 10.2. The Hall–Kier alpha value is -2.09. The van der Waals surface area contributed by atoms with E-state index in [9.17, 15) is 8.42 Å². The number of nitrogens with zero attached hydrogens (tertiary/aromatic N) is 3. The second-order valence-electron chi connectivity index (χ2n) is 4.57. The molecule has 2 rings (SSSR count). The summed E-state index contributed by atoms with van der Waals surface area (Å²) in [7, 11) is -3.45. The molecule has 0 fully saturated rings. The Morgan fingerprint density at radius 3 is 2.57 bits per heavy atom.